The van der Waals surface area contributed by atoms with Gasteiger partial charge in [-0.1, -0.05) is 140 Å². The number of ether oxygens (including phenoxy) is 2. The van der Waals surface area contributed by atoms with Crippen molar-refractivity contribution >= 4 is 19.8 Å². The second-order valence-electron chi connectivity index (χ2n) is 12.9. The van der Waals surface area contributed by atoms with E-state index in [1.165, 1.54) is 38.5 Å². The largest absolute Gasteiger partial charge is 0.472 e. The molecule has 0 rings (SSSR count). The molecule has 0 saturated carbocycles. The zero-order chi connectivity index (χ0) is 37.7. The summed E-state index contributed by atoms with van der Waals surface area (Å²) in [6.45, 7) is 1.96. The fraction of sp³-hybridized carbons (Fsp3) is 0.750. The van der Waals surface area contributed by atoms with E-state index in [-0.39, 0.29) is 12.8 Å². The normalized spacial score (nSPS) is 14.5. The molecular formula is C40H71O10P. The monoisotopic (exact) mass is 742 g/mol. The number of rotatable bonds is 36. The van der Waals surface area contributed by atoms with E-state index in [9.17, 15) is 29.3 Å². The van der Waals surface area contributed by atoms with Gasteiger partial charge in [0.25, 0.3) is 0 Å². The van der Waals surface area contributed by atoms with Crippen molar-refractivity contribution in [2.75, 3.05) is 26.4 Å². The van der Waals surface area contributed by atoms with Gasteiger partial charge in [-0.2, -0.15) is 0 Å². The van der Waals surface area contributed by atoms with Gasteiger partial charge in [0.05, 0.1) is 26.4 Å². The fourth-order valence-corrected chi connectivity index (χ4v) is 5.83. The predicted molar refractivity (Wildman–Crippen MR) is 205 cm³/mol. The zero-order valence-electron chi connectivity index (χ0n) is 31.8. The Labute approximate surface area is 309 Å². The Morgan fingerprint density at radius 2 is 0.922 bits per heavy atom. The van der Waals surface area contributed by atoms with Crippen LogP contribution in [0.5, 0.6) is 0 Å². The van der Waals surface area contributed by atoms with Crippen LogP contribution in [0.4, 0.5) is 0 Å². The van der Waals surface area contributed by atoms with E-state index in [1.807, 2.05) is 0 Å². The lowest BCUT2D eigenvalue weighted by Gasteiger charge is -2.20. The minimum atomic E-state index is -4.62. The first-order valence-electron chi connectivity index (χ1n) is 19.6. The molecule has 3 N–H and O–H groups in total. The third-order valence-electron chi connectivity index (χ3n) is 8.06. The number of aliphatic hydroxyl groups is 2. The van der Waals surface area contributed by atoms with Gasteiger partial charge in [-0.05, 0) is 51.4 Å². The van der Waals surface area contributed by atoms with E-state index in [1.54, 1.807) is 0 Å². The molecule has 0 spiro atoms. The highest BCUT2D eigenvalue weighted by Gasteiger charge is 2.27. The van der Waals surface area contributed by atoms with Crippen LogP contribution in [-0.2, 0) is 32.7 Å². The van der Waals surface area contributed by atoms with Crippen LogP contribution in [-0.4, -0.2) is 65.7 Å². The number of carbonyl (C=O) groups is 2. The lowest BCUT2D eigenvalue weighted by atomic mass is 10.0. The van der Waals surface area contributed by atoms with E-state index in [0.29, 0.717) is 12.8 Å². The molecular weight excluding hydrogens is 671 g/mol. The van der Waals surface area contributed by atoms with Crippen LogP contribution in [0.2, 0.25) is 0 Å². The molecule has 0 aromatic rings. The van der Waals surface area contributed by atoms with E-state index < -0.39 is 58.4 Å². The second kappa shape index (κ2) is 36.3. The first-order chi connectivity index (χ1) is 24.8. The molecule has 0 aliphatic heterocycles. The smallest absolute Gasteiger partial charge is 0.457 e. The van der Waals surface area contributed by atoms with Crippen LogP contribution in [0.15, 0.2) is 48.6 Å². The standard InChI is InChI=1S/C40H71O10P/c1-3-5-7-9-10-11-12-13-14-15-16-17-18-19-20-21-22-23-24-25-26-28-30-32-40(44)50-38(34-42)36-48-51(45,46)47-35-37(33-41)49-39(43)31-29-27-8-6-4-2/h5,7,10-11,13-14,16-17,37-38,41-42H,3-4,6,8-9,12,15,18-36H2,1-2H3,(H,45,46)/b7-5-,11-10-,14-13-,17-16-. The van der Waals surface area contributed by atoms with Crippen LogP contribution >= 0.6 is 7.82 Å². The molecule has 0 aromatic carbocycles. The highest BCUT2D eigenvalue weighted by molar-refractivity contribution is 7.47. The molecule has 3 unspecified atom stereocenters. The van der Waals surface area contributed by atoms with E-state index in [4.69, 9.17) is 18.5 Å². The summed E-state index contributed by atoms with van der Waals surface area (Å²) >= 11 is 0. The van der Waals surface area contributed by atoms with E-state index in [2.05, 4.69) is 62.5 Å². The van der Waals surface area contributed by atoms with Crippen molar-refractivity contribution in [3.8, 4) is 0 Å². The summed E-state index contributed by atoms with van der Waals surface area (Å²) in [6.07, 6.45) is 37.2. The quantitative estimate of drug-likeness (QED) is 0.0245. The highest BCUT2D eigenvalue weighted by Crippen LogP contribution is 2.43. The fourth-order valence-electron chi connectivity index (χ4n) is 5.05. The molecule has 0 heterocycles. The van der Waals surface area contributed by atoms with Crippen molar-refractivity contribution in [2.24, 2.45) is 0 Å². The third kappa shape index (κ3) is 34.8. The number of carbonyl (C=O) groups excluding carboxylic acids is 2. The lowest BCUT2D eigenvalue weighted by molar-refractivity contribution is -0.153. The summed E-state index contributed by atoms with van der Waals surface area (Å²) < 4.78 is 32.2. The van der Waals surface area contributed by atoms with Gasteiger partial charge in [0.1, 0.15) is 12.2 Å². The summed E-state index contributed by atoms with van der Waals surface area (Å²) in [7, 11) is -4.62. The van der Waals surface area contributed by atoms with E-state index >= 15 is 0 Å². The second-order valence-corrected chi connectivity index (χ2v) is 14.3. The molecule has 0 aromatic heterocycles. The average molecular weight is 743 g/mol. The first kappa shape index (κ1) is 48.9. The van der Waals surface area contributed by atoms with Gasteiger partial charge in [-0.25, -0.2) is 4.57 Å². The zero-order valence-corrected chi connectivity index (χ0v) is 32.7. The van der Waals surface area contributed by atoms with E-state index in [0.717, 1.165) is 77.0 Å². The highest BCUT2D eigenvalue weighted by atomic mass is 31.2. The number of esters is 2. The molecule has 0 saturated heterocycles. The lowest BCUT2D eigenvalue weighted by Crippen LogP contribution is -2.28. The van der Waals surface area contributed by atoms with Crippen LogP contribution in [0.25, 0.3) is 0 Å². The van der Waals surface area contributed by atoms with Crippen molar-refractivity contribution in [2.45, 2.75) is 167 Å². The van der Waals surface area contributed by atoms with Gasteiger partial charge in [-0.3, -0.25) is 18.6 Å². The summed E-state index contributed by atoms with van der Waals surface area (Å²) in [5.74, 6) is -1.04. The maximum absolute atomic E-state index is 12.2. The Morgan fingerprint density at radius 1 is 0.549 bits per heavy atom. The topological polar surface area (TPSA) is 149 Å². The van der Waals surface area contributed by atoms with Gasteiger partial charge < -0.3 is 24.6 Å². The molecule has 296 valence electrons. The molecule has 0 aliphatic rings. The number of hydrogen-bond donors (Lipinski definition) is 3. The molecule has 11 heteroatoms. The third-order valence-corrected chi connectivity index (χ3v) is 9.01. The summed E-state index contributed by atoms with van der Waals surface area (Å²) in [5, 5.41) is 19.0. The maximum Gasteiger partial charge on any atom is 0.472 e. The SMILES string of the molecule is CC/C=C\C/C=C\C/C=C\C/C=C\CCCCCCCCCCCCC(=O)OC(CO)COP(=O)(O)OCC(CO)OC(=O)CCCCCCC. The van der Waals surface area contributed by atoms with Crippen LogP contribution in [0.1, 0.15) is 155 Å². The Bertz CT molecular complexity index is 994. The molecule has 0 aliphatic carbocycles. The van der Waals surface area contributed by atoms with Gasteiger partial charge >= 0.3 is 19.8 Å². The van der Waals surface area contributed by atoms with Crippen molar-refractivity contribution in [1.29, 1.82) is 0 Å². The van der Waals surface area contributed by atoms with Crippen LogP contribution in [0, 0.1) is 0 Å². The first-order valence-corrected chi connectivity index (χ1v) is 21.1. The average Bonchev–Trinajstić information content (AvgIpc) is 3.12. The number of hydrogen-bond acceptors (Lipinski definition) is 9. The van der Waals surface area contributed by atoms with Crippen molar-refractivity contribution < 1.29 is 47.8 Å². The van der Waals surface area contributed by atoms with Crippen LogP contribution in [0.3, 0.4) is 0 Å². The summed E-state index contributed by atoms with van der Waals surface area (Å²) in [5.41, 5.74) is 0. The minimum absolute atomic E-state index is 0.186. The summed E-state index contributed by atoms with van der Waals surface area (Å²) in [4.78, 5) is 34.1. The Kier molecular flexibility index (Phi) is 34.8. The van der Waals surface area contributed by atoms with Crippen molar-refractivity contribution in [3.05, 3.63) is 48.6 Å². The molecule has 0 amide bonds. The van der Waals surface area contributed by atoms with Crippen molar-refractivity contribution in [1.82, 2.24) is 0 Å². The molecule has 10 nitrogen and oxygen atoms in total. The number of aliphatic hydroxyl groups excluding tert-OH is 2. The van der Waals surface area contributed by atoms with Gasteiger partial charge in [-0.15, -0.1) is 0 Å². The Hall–Kier alpha value is -2.07. The van der Waals surface area contributed by atoms with Crippen LogP contribution < -0.4 is 0 Å². The number of unbranched alkanes of at least 4 members (excludes halogenated alkanes) is 14. The summed E-state index contributed by atoms with van der Waals surface area (Å²) in [6, 6.07) is 0. The van der Waals surface area contributed by atoms with Gasteiger partial charge in [0.2, 0.25) is 0 Å². The molecule has 0 radical (unpaired) electrons. The Morgan fingerprint density at radius 3 is 1.33 bits per heavy atom. The van der Waals surface area contributed by atoms with Gasteiger partial charge in [0, 0.05) is 12.8 Å². The van der Waals surface area contributed by atoms with Gasteiger partial charge in [0.15, 0.2) is 0 Å². The molecule has 0 bridgehead atoms. The number of phosphoric acid groups is 1. The predicted octanol–water partition coefficient (Wildman–Crippen LogP) is 9.78. The minimum Gasteiger partial charge on any atom is -0.457 e. The number of allylic oxidation sites excluding steroid dienone is 8. The molecule has 3 atom stereocenters. The number of phosphoric ester groups is 1. The van der Waals surface area contributed by atoms with Crippen molar-refractivity contribution in [3.63, 3.8) is 0 Å². The molecule has 0 fully saturated rings. The Balaban J connectivity index is 3.84. The molecule has 51 heavy (non-hydrogen) atoms. The maximum atomic E-state index is 12.2.